The van der Waals surface area contributed by atoms with Crippen LogP contribution >= 0.6 is 23.2 Å². The Balaban J connectivity index is 1.76. The topological polar surface area (TPSA) is 77.8 Å². The fraction of sp³-hybridized carbons (Fsp3) is 0. The van der Waals surface area contributed by atoms with E-state index in [4.69, 9.17) is 28.5 Å². The van der Waals surface area contributed by atoms with Crippen molar-refractivity contribution in [3.63, 3.8) is 0 Å². The van der Waals surface area contributed by atoms with Crippen molar-refractivity contribution < 1.29 is 4.79 Å². The molecule has 0 aliphatic heterocycles. The highest BCUT2D eigenvalue weighted by atomic mass is 35.5. The number of carbonyl (C=O) groups is 1. The number of nitrogens with one attached hydrogen (secondary N) is 2. The zero-order valence-electron chi connectivity index (χ0n) is 13.3. The van der Waals surface area contributed by atoms with Crippen LogP contribution in [-0.4, -0.2) is 10.9 Å². The normalized spacial score (nSPS) is 10.0. The SMILES string of the molecule is N#Cc1ccc(NC(=O)c2ccnc(Nc3cc(Cl)ccc3Cl)c2)cc1. The number of nitrogens with zero attached hydrogens (tertiary/aromatic N) is 2. The standard InChI is InChI=1S/C19H12Cl2N4O/c20-14-3-6-16(21)17(10-14)25-18-9-13(7-8-23-18)19(26)24-15-4-1-12(11-22)2-5-15/h1-10H,(H,23,25)(H,24,26). The van der Waals surface area contributed by atoms with Crippen LogP contribution in [0.2, 0.25) is 10.0 Å². The van der Waals surface area contributed by atoms with Gasteiger partial charge in [0.1, 0.15) is 5.82 Å². The van der Waals surface area contributed by atoms with Crippen LogP contribution in [0.4, 0.5) is 17.2 Å². The molecule has 7 heteroatoms. The van der Waals surface area contributed by atoms with E-state index in [0.717, 1.165) is 0 Å². The van der Waals surface area contributed by atoms with E-state index in [9.17, 15) is 4.79 Å². The van der Waals surface area contributed by atoms with Gasteiger partial charge in [0, 0.05) is 22.5 Å². The van der Waals surface area contributed by atoms with Gasteiger partial charge in [-0.15, -0.1) is 0 Å². The van der Waals surface area contributed by atoms with Crippen molar-refractivity contribution in [2.24, 2.45) is 0 Å². The molecular weight excluding hydrogens is 371 g/mol. The number of hydrogen-bond acceptors (Lipinski definition) is 4. The number of halogens is 2. The highest BCUT2D eigenvalue weighted by Crippen LogP contribution is 2.28. The fourth-order valence-corrected chi connectivity index (χ4v) is 2.54. The summed E-state index contributed by atoms with van der Waals surface area (Å²) in [6, 6.07) is 16.9. The van der Waals surface area contributed by atoms with Gasteiger partial charge in [-0.2, -0.15) is 5.26 Å². The lowest BCUT2D eigenvalue weighted by Gasteiger charge is -2.10. The summed E-state index contributed by atoms with van der Waals surface area (Å²) in [4.78, 5) is 16.6. The van der Waals surface area contributed by atoms with Crippen LogP contribution in [0.3, 0.4) is 0 Å². The van der Waals surface area contributed by atoms with Crippen LogP contribution < -0.4 is 10.6 Å². The molecule has 2 N–H and O–H groups in total. The molecule has 0 spiro atoms. The average molecular weight is 383 g/mol. The van der Waals surface area contributed by atoms with Crippen LogP contribution in [-0.2, 0) is 0 Å². The van der Waals surface area contributed by atoms with E-state index in [0.29, 0.717) is 38.4 Å². The first-order chi connectivity index (χ1) is 12.5. The van der Waals surface area contributed by atoms with Gasteiger partial charge in [-0.1, -0.05) is 23.2 Å². The minimum Gasteiger partial charge on any atom is -0.339 e. The molecule has 1 aromatic heterocycles. The number of anilines is 3. The third-order valence-corrected chi connectivity index (χ3v) is 4.05. The minimum absolute atomic E-state index is 0.294. The lowest BCUT2D eigenvalue weighted by molar-refractivity contribution is 0.102. The molecule has 0 aliphatic rings. The van der Waals surface area contributed by atoms with Gasteiger partial charge < -0.3 is 10.6 Å². The maximum absolute atomic E-state index is 12.4. The second-order valence-corrected chi connectivity index (χ2v) is 6.17. The Morgan fingerprint density at radius 1 is 1.04 bits per heavy atom. The predicted molar refractivity (Wildman–Crippen MR) is 103 cm³/mol. The molecule has 26 heavy (non-hydrogen) atoms. The summed E-state index contributed by atoms with van der Waals surface area (Å²) in [5.74, 6) is 0.166. The second kappa shape index (κ2) is 7.87. The lowest BCUT2D eigenvalue weighted by Crippen LogP contribution is -2.12. The molecule has 0 aliphatic carbocycles. The number of nitriles is 1. The molecule has 2 aromatic carbocycles. The predicted octanol–water partition coefficient (Wildman–Crippen LogP) is 5.26. The van der Waals surface area contributed by atoms with Crippen LogP contribution in [0.15, 0.2) is 60.8 Å². The van der Waals surface area contributed by atoms with Crippen molar-refractivity contribution in [2.45, 2.75) is 0 Å². The van der Waals surface area contributed by atoms with Crippen molar-refractivity contribution in [3.05, 3.63) is 82.0 Å². The monoisotopic (exact) mass is 382 g/mol. The number of amides is 1. The lowest BCUT2D eigenvalue weighted by atomic mass is 10.2. The molecule has 3 rings (SSSR count). The maximum Gasteiger partial charge on any atom is 0.255 e. The molecule has 0 bridgehead atoms. The third-order valence-electron chi connectivity index (χ3n) is 3.49. The van der Waals surface area contributed by atoms with Gasteiger partial charge in [0.05, 0.1) is 22.3 Å². The molecular formula is C19H12Cl2N4O. The second-order valence-electron chi connectivity index (χ2n) is 5.32. The third kappa shape index (κ3) is 4.31. The van der Waals surface area contributed by atoms with Crippen LogP contribution in [0.5, 0.6) is 0 Å². The summed E-state index contributed by atoms with van der Waals surface area (Å²) in [5.41, 5.74) is 2.14. The molecule has 5 nitrogen and oxygen atoms in total. The van der Waals surface area contributed by atoms with Crippen molar-refractivity contribution in [1.29, 1.82) is 5.26 Å². The van der Waals surface area contributed by atoms with E-state index < -0.39 is 0 Å². The van der Waals surface area contributed by atoms with E-state index in [2.05, 4.69) is 15.6 Å². The minimum atomic E-state index is -0.294. The summed E-state index contributed by atoms with van der Waals surface area (Å²) in [5, 5.41) is 15.6. The molecule has 128 valence electrons. The molecule has 0 saturated heterocycles. The first-order valence-corrected chi connectivity index (χ1v) is 8.30. The molecule has 0 radical (unpaired) electrons. The number of pyridine rings is 1. The van der Waals surface area contributed by atoms with Gasteiger partial charge in [0.15, 0.2) is 0 Å². The van der Waals surface area contributed by atoms with Crippen molar-refractivity contribution in [3.8, 4) is 6.07 Å². The molecule has 1 amide bonds. The Morgan fingerprint density at radius 2 is 1.81 bits per heavy atom. The van der Waals surface area contributed by atoms with Gasteiger partial charge in [0.2, 0.25) is 0 Å². The van der Waals surface area contributed by atoms with Gasteiger partial charge in [0.25, 0.3) is 5.91 Å². The Morgan fingerprint density at radius 3 is 2.54 bits per heavy atom. The fourth-order valence-electron chi connectivity index (χ4n) is 2.20. The van der Waals surface area contributed by atoms with Gasteiger partial charge in [-0.25, -0.2) is 4.98 Å². The van der Waals surface area contributed by atoms with E-state index in [1.54, 1.807) is 54.6 Å². The zero-order chi connectivity index (χ0) is 18.5. The Kier molecular flexibility index (Phi) is 5.37. The molecule has 0 fully saturated rings. The summed E-state index contributed by atoms with van der Waals surface area (Å²) >= 11 is 12.1. The van der Waals surface area contributed by atoms with E-state index >= 15 is 0 Å². The largest absolute Gasteiger partial charge is 0.339 e. The number of carbonyl (C=O) groups excluding carboxylic acids is 1. The van der Waals surface area contributed by atoms with E-state index in [1.807, 2.05) is 6.07 Å². The van der Waals surface area contributed by atoms with E-state index in [-0.39, 0.29) is 5.91 Å². The van der Waals surface area contributed by atoms with E-state index in [1.165, 1.54) is 6.20 Å². The summed E-state index contributed by atoms with van der Waals surface area (Å²) in [6.45, 7) is 0. The Labute approximate surface area is 160 Å². The molecule has 0 atom stereocenters. The molecule has 1 heterocycles. The molecule has 0 saturated carbocycles. The number of aromatic nitrogens is 1. The quantitative estimate of drug-likeness (QED) is 0.645. The maximum atomic E-state index is 12.4. The van der Waals surface area contributed by atoms with Crippen LogP contribution in [0.25, 0.3) is 0 Å². The first-order valence-electron chi connectivity index (χ1n) is 7.55. The highest BCUT2D eigenvalue weighted by molar-refractivity contribution is 6.35. The number of benzene rings is 2. The van der Waals surface area contributed by atoms with Gasteiger partial charge in [-0.05, 0) is 54.6 Å². The molecule has 0 unspecified atom stereocenters. The average Bonchev–Trinajstić information content (AvgIpc) is 2.65. The highest BCUT2D eigenvalue weighted by Gasteiger charge is 2.09. The Hall–Kier alpha value is -3.07. The van der Waals surface area contributed by atoms with Crippen LogP contribution in [0.1, 0.15) is 15.9 Å². The summed E-state index contributed by atoms with van der Waals surface area (Å²) < 4.78 is 0. The van der Waals surface area contributed by atoms with Crippen molar-refractivity contribution in [2.75, 3.05) is 10.6 Å². The van der Waals surface area contributed by atoms with Crippen molar-refractivity contribution in [1.82, 2.24) is 4.98 Å². The van der Waals surface area contributed by atoms with Crippen molar-refractivity contribution >= 4 is 46.3 Å². The first kappa shape index (κ1) is 17.7. The zero-order valence-corrected chi connectivity index (χ0v) is 14.8. The number of hydrogen-bond donors (Lipinski definition) is 2. The molecule has 3 aromatic rings. The summed E-state index contributed by atoms with van der Waals surface area (Å²) in [6.07, 6.45) is 1.52. The van der Waals surface area contributed by atoms with Gasteiger partial charge in [-0.3, -0.25) is 4.79 Å². The summed E-state index contributed by atoms with van der Waals surface area (Å²) in [7, 11) is 0. The van der Waals surface area contributed by atoms with Crippen LogP contribution in [0, 0.1) is 11.3 Å². The number of rotatable bonds is 4. The van der Waals surface area contributed by atoms with Gasteiger partial charge >= 0.3 is 0 Å². The Bertz CT molecular complexity index is 997. The smallest absolute Gasteiger partial charge is 0.255 e.